The minimum atomic E-state index is -1.65. The molecule has 2 atom stereocenters. The van der Waals surface area contributed by atoms with E-state index in [9.17, 15) is 24.3 Å². The molecule has 1 unspecified atom stereocenters. The average molecular weight is 640 g/mol. The summed E-state index contributed by atoms with van der Waals surface area (Å²) < 4.78 is 17.6. The number of ether oxygens (including phenoxy) is 3. The van der Waals surface area contributed by atoms with Gasteiger partial charge in [-0.25, -0.2) is 0 Å². The molecule has 1 aliphatic heterocycles. The fraction of sp³-hybridized carbons (Fsp3) is 0.222. The average Bonchev–Trinajstić information content (AvgIpc) is 3.32. The first-order valence-electron chi connectivity index (χ1n) is 14.5. The number of methoxy groups -OCH3 is 1. The molecule has 46 heavy (non-hydrogen) atoms. The smallest absolute Gasteiger partial charge is 0.259 e. The summed E-state index contributed by atoms with van der Waals surface area (Å²) in [6, 6.07) is 18.3. The molecule has 0 saturated heterocycles. The van der Waals surface area contributed by atoms with Gasteiger partial charge in [0.1, 0.15) is 52.3 Å². The summed E-state index contributed by atoms with van der Waals surface area (Å²) in [5, 5.41) is 16.3. The molecule has 2 aliphatic rings. The van der Waals surface area contributed by atoms with Gasteiger partial charge in [0.2, 0.25) is 0 Å². The molecule has 1 heterocycles. The van der Waals surface area contributed by atoms with Crippen molar-refractivity contribution in [1.82, 2.24) is 5.32 Å². The molecule has 4 aromatic carbocycles. The summed E-state index contributed by atoms with van der Waals surface area (Å²) in [6.07, 6.45) is 1.09. The Morgan fingerprint density at radius 2 is 1.78 bits per heavy atom. The summed E-state index contributed by atoms with van der Waals surface area (Å²) >= 11 is 6.14. The number of phenols is 1. The van der Waals surface area contributed by atoms with Crippen LogP contribution in [0.2, 0.25) is 5.02 Å². The van der Waals surface area contributed by atoms with E-state index in [2.05, 4.69) is 5.32 Å². The molecule has 6 rings (SSSR count). The Hall–Kier alpha value is -5.15. The molecule has 0 spiro atoms. The molecule has 1 amide bonds. The molecule has 10 heteroatoms. The van der Waals surface area contributed by atoms with Crippen LogP contribution in [-0.2, 0) is 33.0 Å². The molecular formula is C36H30ClNO8. The maximum atomic E-state index is 13.9. The number of fused-ring (bicyclic) bond motifs is 4. The zero-order valence-corrected chi connectivity index (χ0v) is 26.3. The van der Waals surface area contributed by atoms with Crippen LogP contribution in [0.4, 0.5) is 0 Å². The zero-order chi connectivity index (χ0) is 32.9. The third kappa shape index (κ3) is 4.97. The van der Waals surface area contributed by atoms with Crippen molar-refractivity contribution in [3.05, 3.63) is 105 Å². The van der Waals surface area contributed by atoms with E-state index < -0.39 is 34.6 Å². The number of aromatic hydroxyl groups is 1. The largest absolute Gasteiger partial charge is 0.507 e. The number of rotatable bonds is 8. The number of halogens is 1. The predicted octanol–water partition coefficient (Wildman–Crippen LogP) is 5.92. The van der Waals surface area contributed by atoms with Crippen molar-refractivity contribution < 1.29 is 38.5 Å². The van der Waals surface area contributed by atoms with Crippen LogP contribution in [0.15, 0.2) is 72.5 Å². The Labute approximate surface area is 269 Å². The maximum absolute atomic E-state index is 13.9. The normalized spacial score (nSPS) is 18.4. The first-order chi connectivity index (χ1) is 21.9. The van der Waals surface area contributed by atoms with Gasteiger partial charge in [0.15, 0.2) is 17.3 Å². The monoisotopic (exact) mass is 639 g/mol. The van der Waals surface area contributed by atoms with Gasteiger partial charge >= 0.3 is 0 Å². The lowest BCUT2D eigenvalue weighted by Gasteiger charge is -2.30. The lowest BCUT2D eigenvalue weighted by Crippen LogP contribution is -2.47. The fourth-order valence-electron chi connectivity index (χ4n) is 6.29. The number of benzene rings is 4. The van der Waals surface area contributed by atoms with Gasteiger partial charge in [0.25, 0.3) is 5.91 Å². The van der Waals surface area contributed by atoms with Gasteiger partial charge in [-0.05, 0) is 61.0 Å². The van der Waals surface area contributed by atoms with Crippen molar-refractivity contribution in [3.8, 4) is 23.0 Å². The number of Topliss-reactive ketones (excluding diaryl/α,β-unsaturated/α-hetero) is 2. The van der Waals surface area contributed by atoms with E-state index in [1.807, 2.05) is 55.5 Å². The standard InChI is InChI=1S/C36H30ClNO8/c1-18-12-27(45-17-20-8-7-9-21(37)13-20)23-11-6-5-10-22(23)24(18)16-38-35(43)31-28(44-4)14-26(41)32-33(31)46-29-15-25(40)30(19(2)39)34(42)36(29,32)3/h5-15,30,41H,16-17H2,1-4H3,(H,38,43)/t30?,36-/m1/s1. The van der Waals surface area contributed by atoms with Gasteiger partial charge in [-0.1, -0.05) is 48.0 Å². The highest BCUT2D eigenvalue weighted by molar-refractivity contribution is 6.30. The minimum Gasteiger partial charge on any atom is -0.507 e. The van der Waals surface area contributed by atoms with E-state index in [4.69, 9.17) is 25.8 Å². The number of carbonyl (C=O) groups excluding carboxylic acids is 4. The lowest BCUT2D eigenvalue weighted by atomic mass is 9.67. The Kier molecular flexibility index (Phi) is 7.82. The lowest BCUT2D eigenvalue weighted by molar-refractivity contribution is -0.140. The van der Waals surface area contributed by atoms with Crippen molar-refractivity contribution in [3.63, 3.8) is 0 Å². The molecule has 9 nitrogen and oxygen atoms in total. The molecule has 4 aromatic rings. The Morgan fingerprint density at radius 3 is 2.48 bits per heavy atom. The number of hydrogen-bond donors (Lipinski definition) is 2. The second-order valence-electron chi connectivity index (χ2n) is 11.5. The molecule has 0 aromatic heterocycles. The van der Waals surface area contributed by atoms with Crippen LogP contribution in [0.5, 0.6) is 23.0 Å². The van der Waals surface area contributed by atoms with Crippen LogP contribution in [0.1, 0.15) is 46.5 Å². The van der Waals surface area contributed by atoms with E-state index in [1.54, 1.807) is 6.07 Å². The quantitative estimate of drug-likeness (QED) is 0.228. The van der Waals surface area contributed by atoms with Gasteiger partial charge < -0.3 is 24.6 Å². The summed E-state index contributed by atoms with van der Waals surface area (Å²) in [7, 11) is 1.33. The second kappa shape index (κ2) is 11.7. The van der Waals surface area contributed by atoms with Gasteiger partial charge in [0, 0.05) is 29.1 Å². The van der Waals surface area contributed by atoms with Crippen molar-refractivity contribution in [2.24, 2.45) is 5.92 Å². The zero-order valence-electron chi connectivity index (χ0n) is 25.5. The van der Waals surface area contributed by atoms with Gasteiger partial charge in [-0.3, -0.25) is 19.2 Å². The summed E-state index contributed by atoms with van der Waals surface area (Å²) in [5.41, 5.74) is 0.936. The van der Waals surface area contributed by atoms with Crippen LogP contribution in [-0.4, -0.2) is 35.5 Å². The molecule has 0 fully saturated rings. The van der Waals surface area contributed by atoms with Crippen LogP contribution in [0.3, 0.4) is 0 Å². The highest BCUT2D eigenvalue weighted by atomic mass is 35.5. The van der Waals surface area contributed by atoms with E-state index in [0.717, 1.165) is 40.5 Å². The Morgan fingerprint density at radius 1 is 1.04 bits per heavy atom. The van der Waals surface area contributed by atoms with E-state index in [-0.39, 0.29) is 40.7 Å². The number of aryl methyl sites for hydroxylation is 1. The predicted molar refractivity (Wildman–Crippen MR) is 171 cm³/mol. The first kappa shape index (κ1) is 30.9. The number of carbonyl (C=O) groups is 4. The highest BCUT2D eigenvalue weighted by Gasteiger charge is 2.58. The van der Waals surface area contributed by atoms with Gasteiger partial charge in [-0.2, -0.15) is 0 Å². The van der Waals surface area contributed by atoms with Crippen LogP contribution >= 0.6 is 11.6 Å². The number of allylic oxidation sites excluding steroid dienone is 2. The number of phenolic OH excluding ortho intramolecular Hbond substituents is 1. The molecule has 0 radical (unpaired) electrons. The first-order valence-corrected chi connectivity index (χ1v) is 14.9. The van der Waals surface area contributed by atoms with Crippen molar-refractivity contribution in [2.45, 2.75) is 39.3 Å². The van der Waals surface area contributed by atoms with E-state index >= 15 is 0 Å². The maximum Gasteiger partial charge on any atom is 0.259 e. The second-order valence-corrected chi connectivity index (χ2v) is 12.0. The van der Waals surface area contributed by atoms with Gasteiger partial charge in [-0.15, -0.1) is 0 Å². The summed E-state index contributed by atoms with van der Waals surface area (Å²) in [4.78, 5) is 52.3. The molecule has 0 bridgehead atoms. The third-order valence-corrected chi connectivity index (χ3v) is 8.88. The van der Waals surface area contributed by atoms with Crippen LogP contribution < -0.4 is 19.5 Å². The van der Waals surface area contributed by atoms with Crippen molar-refractivity contribution >= 4 is 45.6 Å². The van der Waals surface area contributed by atoms with Crippen molar-refractivity contribution in [2.75, 3.05) is 7.11 Å². The number of hydrogen-bond acceptors (Lipinski definition) is 8. The SMILES string of the molecule is COc1cc(O)c2c(c1C(=O)NCc1c(C)cc(OCc3cccc(Cl)c3)c3ccccc13)OC1=CC(=O)C(C(C)=O)C(=O)[C@]12C. The Bertz CT molecular complexity index is 2020. The molecule has 234 valence electrons. The topological polar surface area (TPSA) is 128 Å². The molecule has 0 saturated carbocycles. The number of nitrogens with one attached hydrogen (secondary N) is 1. The fourth-order valence-corrected chi connectivity index (χ4v) is 6.50. The van der Waals surface area contributed by atoms with E-state index in [0.29, 0.717) is 17.4 Å². The van der Waals surface area contributed by atoms with Crippen LogP contribution in [0, 0.1) is 12.8 Å². The number of ketones is 3. The number of amides is 1. The van der Waals surface area contributed by atoms with E-state index in [1.165, 1.54) is 20.1 Å². The van der Waals surface area contributed by atoms with Crippen LogP contribution in [0.25, 0.3) is 10.8 Å². The van der Waals surface area contributed by atoms with Gasteiger partial charge in [0.05, 0.1) is 12.7 Å². The third-order valence-electron chi connectivity index (χ3n) is 8.65. The summed E-state index contributed by atoms with van der Waals surface area (Å²) in [5.74, 6) is -4.04. The van der Waals surface area contributed by atoms with Crippen molar-refractivity contribution in [1.29, 1.82) is 0 Å². The molecule has 2 N–H and O–H groups in total. The minimum absolute atomic E-state index is 0.00344. The highest BCUT2D eigenvalue weighted by Crippen LogP contribution is 2.56. The molecule has 1 aliphatic carbocycles. The molecular weight excluding hydrogens is 610 g/mol. The Balaban J connectivity index is 1.34. The summed E-state index contributed by atoms with van der Waals surface area (Å²) in [6.45, 7) is 4.99.